The lowest BCUT2D eigenvalue weighted by Crippen LogP contribution is -2.19. The molecule has 4 aromatic rings. The van der Waals surface area contributed by atoms with Gasteiger partial charge in [-0.3, -0.25) is 0 Å². The highest BCUT2D eigenvalue weighted by Crippen LogP contribution is 2.35. The maximum Gasteiger partial charge on any atom is 0.159 e. The van der Waals surface area contributed by atoms with Gasteiger partial charge in [-0.05, 0) is 31.0 Å². The summed E-state index contributed by atoms with van der Waals surface area (Å²) in [5.41, 5.74) is 2.17. The molecule has 29 heavy (non-hydrogen) atoms. The highest BCUT2D eigenvalue weighted by atomic mass is 35.5. The summed E-state index contributed by atoms with van der Waals surface area (Å²) in [5, 5.41) is 4.33. The Morgan fingerprint density at radius 1 is 1.00 bits per heavy atom. The van der Waals surface area contributed by atoms with Gasteiger partial charge < -0.3 is 15.2 Å². The number of pyridine rings is 1. The first-order chi connectivity index (χ1) is 14.2. The fourth-order valence-electron chi connectivity index (χ4n) is 3.53. The molecule has 0 spiro atoms. The van der Waals surface area contributed by atoms with Gasteiger partial charge in [-0.2, -0.15) is 0 Å². The average molecular weight is 426 g/mol. The zero-order valence-electron chi connectivity index (χ0n) is 15.4. The lowest BCUT2D eigenvalue weighted by Gasteiger charge is -2.16. The average Bonchev–Trinajstić information content (AvgIpc) is 3.39. The van der Waals surface area contributed by atoms with Crippen molar-refractivity contribution in [2.45, 2.75) is 12.8 Å². The maximum absolute atomic E-state index is 6.34. The smallest absolute Gasteiger partial charge is 0.159 e. The first-order valence-corrected chi connectivity index (χ1v) is 10.1. The van der Waals surface area contributed by atoms with Crippen LogP contribution >= 0.6 is 23.2 Å². The number of hydrogen-bond acceptors (Lipinski definition) is 6. The predicted molar refractivity (Wildman–Crippen MR) is 116 cm³/mol. The molecule has 1 fully saturated rings. The van der Waals surface area contributed by atoms with Gasteiger partial charge in [0.25, 0.3) is 0 Å². The Hall–Kier alpha value is -2.90. The molecule has 0 atom stereocenters. The number of benzene rings is 1. The summed E-state index contributed by atoms with van der Waals surface area (Å²) in [6.07, 6.45) is 5.65. The minimum absolute atomic E-state index is 0.532. The van der Waals surface area contributed by atoms with E-state index in [1.807, 2.05) is 12.1 Å². The van der Waals surface area contributed by atoms with Crippen LogP contribution < -0.4 is 10.2 Å². The van der Waals surface area contributed by atoms with Gasteiger partial charge in [-0.15, -0.1) is 0 Å². The molecule has 2 N–H and O–H groups in total. The fourth-order valence-corrected chi connectivity index (χ4v) is 4.10. The van der Waals surface area contributed by atoms with E-state index in [1.165, 1.54) is 12.8 Å². The molecule has 4 heterocycles. The number of fused-ring (bicyclic) bond motifs is 1. The van der Waals surface area contributed by atoms with Gasteiger partial charge in [-0.25, -0.2) is 19.9 Å². The molecule has 1 aliphatic heterocycles. The van der Waals surface area contributed by atoms with Crippen LogP contribution in [0.3, 0.4) is 0 Å². The van der Waals surface area contributed by atoms with Crippen LogP contribution in [0.2, 0.25) is 10.0 Å². The normalized spacial score (nSPS) is 13.9. The van der Waals surface area contributed by atoms with Gasteiger partial charge in [-0.1, -0.05) is 29.3 Å². The van der Waals surface area contributed by atoms with Gasteiger partial charge in [0.2, 0.25) is 0 Å². The van der Waals surface area contributed by atoms with Gasteiger partial charge in [0, 0.05) is 25.4 Å². The maximum atomic E-state index is 6.34. The van der Waals surface area contributed by atoms with Crippen LogP contribution in [0.4, 0.5) is 17.5 Å². The van der Waals surface area contributed by atoms with E-state index >= 15 is 0 Å². The van der Waals surface area contributed by atoms with E-state index in [2.05, 4.69) is 30.2 Å². The minimum Gasteiger partial charge on any atom is -0.356 e. The van der Waals surface area contributed by atoms with E-state index in [-0.39, 0.29) is 0 Å². The standard InChI is InChI=1S/C20H17Cl2N7/c21-12-4-3-5-13(22)17(12)19-26-14-6-7-23-20(18(14)28-19)27-15-10-16(25-11-24-15)29-8-1-2-9-29/h3-7,10-11H,1-2,8-9H2,(H,26,28)(H,23,24,25,27). The number of nitrogens with zero attached hydrogens (tertiary/aromatic N) is 5. The molecule has 1 aromatic carbocycles. The Bertz CT molecular complexity index is 1160. The molecule has 0 unspecified atom stereocenters. The fraction of sp³-hybridized carbons (Fsp3) is 0.200. The number of hydrogen-bond donors (Lipinski definition) is 2. The molecule has 0 amide bonds. The summed E-state index contributed by atoms with van der Waals surface area (Å²) < 4.78 is 0. The van der Waals surface area contributed by atoms with Gasteiger partial charge in [0.05, 0.1) is 21.1 Å². The van der Waals surface area contributed by atoms with Crippen molar-refractivity contribution >= 4 is 51.7 Å². The van der Waals surface area contributed by atoms with E-state index in [0.29, 0.717) is 38.6 Å². The summed E-state index contributed by atoms with van der Waals surface area (Å²) >= 11 is 12.7. The van der Waals surface area contributed by atoms with E-state index in [0.717, 1.165) is 24.4 Å². The molecule has 0 saturated carbocycles. The SMILES string of the molecule is Clc1cccc(Cl)c1-c1nc2c(Nc3cc(N4CCCC4)ncn3)nccc2[nH]1. The van der Waals surface area contributed by atoms with Crippen molar-refractivity contribution in [3.8, 4) is 11.4 Å². The lowest BCUT2D eigenvalue weighted by atomic mass is 10.2. The number of nitrogens with one attached hydrogen (secondary N) is 2. The molecule has 3 aromatic heterocycles. The van der Waals surface area contributed by atoms with Gasteiger partial charge >= 0.3 is 0 Å². The van der Waals surface area contributed by atoms with Crippen LogP contribution in [0.15, 0.2) is 42.9 Å². The third-order valence-electron chi connectivity index (χ3n) is 4.93. The molecular formula is C20H17Cl2N7. The van der Waals surface area contributed by atoms with Crippen LogP contribution in [0.1, 0.15) is 12.8 Å². The second-order valence-corrected chi connectivity index (χ2v) is 7.63. The summed E-state index contributed by atoms with van der Waals surface area (Å²) in [7, 11) is 0. The summed E-state index contributed by atoms with van der Waals surface area (Å²) in [5.74, 6) is 2.77. The summed E-state index contributed by atoms with van der Waals surface area (Å²) in [4.78, 5) is 23.4. The molecule has 0 radical (unpaired) electrons. The van der Waals surface area contributed by atoms with Crippen LogP contribution in [-0.4, -0.2) is 38.0 Å². The predicted octanol–water partition coefficient (Wildman–Crippen LogP) is 5.07. The Balaban J connectivity index is 1.51. The topological polar surface area (TPSA) is 82.6 Å². The first kappa shape index (κ1) is 18.1. The number of halogens is 2. The van der Waals surface area contributed by atoms with Crippen molar-refractivity contribution in [2.75, 3.05) is 23.3 Å². The van der Waals surface area contributed by atoms with Crippen molar-refractivity contribution in [2.24, 2.45) is 0 Å². The van der Waals surface area contributed by atoms with Crippen LogP contribution in [0.25, 0.3) is 22.4 Å². The van der Waals surface area contributed by atoms with Gasteiger partial charge in [0.15, 0.2) is 5.82 Å². The van der Waals surface area contributed by atoms with Crippen molar-refractivity contribution in [3.05, 3.63) is 52.9 Å². The van der Waals surface area contributed by atoms with Crippen LogP contribution in [0, 0.1) is 0 Å². The van der Waals surface area contributed by atoms with Crippen LogP contribution in [-0.2, 0) is 0 Å². The van der Waals surface area contributed by atoms with Crippen molar-refractivity contribution in [1.29, 1.82) is 0 Å². The largest absolute Gasteiger partial charge is 0.356 e. The van der Waals surface area contributed by atoms with Crippen molar-refractivity contribution in [3.63, 3.8) is 0 Å². The third kappa shape index (κ3) is 3.47. The number of aromatic nitrogens is 5. The second-order valence-electron chi connectivity index (χ2n) is 6.82. The second kappa shape index (κ2) is 7.50. The molecule has 146 valence electrons. The number of aromatic amines is 1. The van der Waals surface area contributed by atoms with Crippen molar-refractivity contribution in [1.82, 2.24) is 24.9 Å². The van der Waals surface area contributed by atoms with Crippen molar-refractivity contribution < 1.29 is 0 Å². The number of imidazole rings is 1. The lowest BCUT2D eigenvalue weighted by molar-refractivity contribution is 0.928. The summed E-state index contributed by atoms with van der Waals surface area (Å²) in [6.45, 7) is 2.04. The molecule has 9 heteroatoms. The molecule has 5 rings (SSSR count). The molecule has 0 aliphatic carbocycles. The Morgan fingerprint density at radius 3 is 2.59 bits per heavy atom. The van der Waals surface area contributed by atoms with E-state index in [9.17, 15) is 0 Å². The molecular weight excluding hydrogens is 409 g/mol. The first-order valence-electron chi connectivity index (χ1n) is 9.32. The van der Waals surface area contributed by atoms with E-state index < -0.39 is 0 Å². The quantitative estimate of drug-likeness (QED) is 0.475. The zero-order valence-corrected chi connectivity index (χ0v) is 16.9. The molecule has 0 bridgehead atoms. The highest BCUT2D eigenvalue weighted by Gasteiger charge is 2.17. The Kier molecular flexibility index (Phi) is 4.69. The monoisotopic (exact) mass is 425 g/mol. The van der Waals surface area contributed by atoms with E-state index in [4.69, 9.17) is 28.2 Å². The third-order valence-corrected chi connectivity index (χ3v) is 5.56. The number of anilines is 3. The van der Waals surface area contributed by atoms with Gasteiger partial charge in [0.1, 0.15) is 29.3 Å². The molecule has 7 nitrogen and oxygen atoms in total. The molecule has 1 saturated heterocycles. The number of rotatable bonds is 4. The highest BCUT2D eigenvalue weighted by molar-refractivity contribution is 6.39. The zero-order chi connectivity index (χ0) is 19.8. The molecule has 1 aliphatic rings. The Labute approximate surface area is 177 Å². The minimum atomic E-state index is 0.532. The summed E-state index contributed by atoms with van der Waals surface area (Å²) in [6, 6.07) is 9.17. The Morgan fingerprint density at radius 2 is 1.79 bits per heavy atom. The number of H-pyrrole nitrogens is 1. The van der Waals surface area contributed by atoms with Crippen LogP contribution in [0.5, 0.6) is 0 Å². The van der Waals surface area contributed by atoms with E-state index in [1.54, 1.807) is 30.7 Å².